The van der Waals surface area contributed by atoms with Gasteiger partial charge in [0, 0.05) is 36.5 Å². The molecule has 7 heteroatoms. The van der Waals surface area contributed by atoms with Crippen molar-refractivity contribution in [1.82, 2.24) is 15.2 Å². The number of carbonyl (C=O) groups is 3. The number of carbonyl (C=O) groups excluding carboxylic acids is 3. The van der Waals surface area contributed by atoms with Gasteiger partial charge in [0.05, 0.1) is 5.69 Å². The molecule has 4 rings (SSSR count). The van der Waals surface area contributed by atoms with E-state index in [2.05, 4.69) is 19.2 Å². The summed E-state index contributed by atoms with van der Waals surface area (Å²) in [5.74, 6) is -0.0721. The number of Topliss-reactive ketones (excluding diaryl/α,β-unsaturated/α-hetero) is 1. The van der Waals surface area contributed by atoms with Crippen LogP contribution in [0.5, 0.6) is 0 Å². The van der Waals surface area contributed by atoms with Crippen molar-refractivity contribution in [3.05, 3.63) is 34.7 Å². The van der Waals surface area contributed by atoms with Crippen molar-refractivity contribution in [3.63, 3.8) is 0 Å². The van der Waals surface area contributed by atoms with Crippen LogP contribution in [0.15, 0.2) is 17.7 Å². The number of pyridine rings is 1. The molecule has 1 atom stereocenters. The van der Waals surface area contributed by atoms with Crippen LogP contribution in [0.3, 0.4) is 0 Å². The molecule has 33 heavy (non-hydrogen) atoms. The SMILES string of the molecule is CC(C)(C)OC(=O)N1CCC(NC(=O)c2ccc3c(n2)C2=C(C3)C(=O)C(C)(C)CC2(C)C)C1. The second kappa shape index (κ2) is 7.67. The van der Waals surface area contributed by atoms with Crippen LogP contribution in [0.2, 0.25) is 0 Å². The predicted molar refractivity (Wildman–Crippen MR) is 126 cm³/mol. The quantitative estimate of drug-likeness (QED) is 0.727. The average molecular weight is 454 g/mol. The van der Waals surface area contributed by atoms with Crippen molar-refractivity contribution >= 4 is 23.4 Å². The smallest absolute Gasteiger partial charge is 0.410 e. The van der Waals surface area contributed by atoms with Crippen molar-refractivity contribution in [3.8, 4) is 0 Å². The Kier molecular flexibility index (Phi) is 5.45. The Balaban J connectivity index is 1.50. The summed E-state index contributed by atoms with van der Waals surface area (Å²) in [7, 11) is 0. The van der Waals surface area contributed by atoms with E-state index in [4.69, 9.17) is 9.72 Å². The molecule has 0 radical (unpaired) electrons. The summed E-state index contributed by atoms with van der Waals surface area (Å²) in [5.41, 5.74) is 2.83. The minimum atomic E-state index is -0.552. The summed E-state index contributed by atoms with van der Waals surface area (Å²) in [6.45, 7) is 14.8. The molecule has 2 amide bonds. The van der Waals surface area contributed by atoms with Gasteiger partial charge in [-0.1, -0.05) is 33.8 Å². The Labute approximate surface area is 196 Å². The topological polar surface area (TPSA) is 88.6 Å². The summed E-state index contributed by atoms with van der Waals surface area (Å²) in [5, 5.41) is 3.01. The monoisotopic (exact) mass is 453 g/mol. The van der Waals surface area contributed by atoms with E-state index >= 15 is 0 Å². The average Bonchev–Trinajstić information content (AvgIpc) is 3.28. The fourth-order valence-electron chi connectivity index (χ4n) is 5.63. The number of hydrogen-bond acceptors (Lipinski definition) is 5. The summed E-state index contributed by atoms with van der Waals surface area (Å²) in [6.07, 6.45) is 1.64. The Bertz CT molecular complexity index is 1060. The van der Waals surface area contributed by atoms with Crippen LogP contribution < -0.4 is 5.32 Å². The Morgan fingerprint density at radius 2 is 1.85 bits per heavy atom. The lowest BCUT2D eigenvalue weighted by molar-refractivity contribution is -0.125. The van der Waals surface area contributed by atoms with Crippen molar-refractivity contribution in [2.75, 3.05) is 13.1 Å². The fraction of sp³-hybridized carbons (Fsp3) is 0.615. The maximum atomic E-state index is 13.1. The zero-order valence-electron chi connectivity index (χ0n) is 20.8. The van der Waals surface area contributed by atoms with Gasteiger partial charge in [-0.05, 0) is 56.2 Å². The van der Waals surface area contributed by atoms with Crippen LogP contribution in [-0.2, 0) is 16.0 Å². The number of nitrogens with zero attached hydrogens (tertiary/aromatic N) is 2. The third kappa shape index (κ3) is 4.42. The third-order valence-corrected chi connectivity index (χ3v) is 6.74. The largest absolute Gasteiger partial charge is 0.444 e. The highest BCUT2D eigenvalue weighted by atomic mass is 16.6. The first-order valence-electron chi connectivity index (χ1n) is 11.8. The van der Waals surface area contributed by atoms with E-state index in [9.17, 15) is 14.4 Å². The van der Waals surface area contributed by atoms with Crippen LogP contribution in [0.1, 0.15) is 83.1 Å². The van der Waals surface area contributed by atoms with E-state index in [1.807, 2.05) is 40.7 Å². The molecular weight excluding hydrogens is 418 g/mol. The molecular formula is C26H35N3O4. The minimum Gasteiger partial charge on any atom is -0.444 e. The van der Waals surface area contributed by atoms with Crippen molar-refractivity contribution in [2.45, 2.75) is 79.4 Å². The molecule has 0 aromatic carbocycles. The standard InChI is InChI=1S/C26H35N3O4/c1-24(2,3)33-23(32)29-11-10-16(13-29)27-22(31)18-9-8-15-12-17-19(20(15)28-18)25(4,5)14-26(6,7)21(17)30/h8-9,16H,10-14H2,1-7H3,(H,27,31). The zero-order valence-corrected chi connectivity index (χ0v) is 20.8. The molecule has 1 aromatic rings. The summed E-state index contributed by atoms with van der Waals surface area (Å²) in [4.78, 5) is 44.8. The van der Waals surface area contributed by atoms with Crippen LogP contribution in [0.4, 0.5) is 4.79 Å². The first-order chi connectivity index (χ1) is 15.2. The highest BCUT2D eigenvalue weighted by molar-refractivity contribution is 6.10. The molecule has 178 valence electrons. The number of fused-ring (bicyclic) bond motifs is 2. The molecule has 0 bridgehead atoms. The van der Waals surface area contributed by atoms with Gasteiger partial charge in [0.25, 0.3) is 5.91 Å². The van der Waals surface area contributed by atoms with Gasteiger partial charge in [0.15, 0.2) is 5.78 Å². The number of hydrogen-bond donors (Lipinski definition) is 1. The molecule has 1 unspecified atom stereocenters. The molecule has 1 saturated heterocycles. The number of nitrogens with one attached hydrogen (secondary N) is 1. The number of aromatic nitrogens is 1. The minimum absolute atomic E-state index is 0.150. The lowest BCUT2D eigenvalue weighted by atomic mass is 9.62. The molecule has 1 aromatic heterocycles. The highest BCUT2D eigenvalue weighted by Crippen LogP contribution is 2.54. The van der Waals surface area contributed by atoms with E-state index < -0.39 is 11.0 Å². The molecule has 0 spiro atoms. The number of ketones is 1. The molecule has 7 nitrogen and oxygen atoms in total. The van der Waals surface area contributed by atoms with E-state index in [-0.39, 0.29) is 29.2 Å². The summed E-state index contributed by atoms with van der Waals surface area (Å²) in [6, 6.07) is 3.51. The van der Waals surface area contributed by atoms with Crippen molar-refractivity contribution < 1.29 is 19.1 Å². The van der Waals surface area contributed by atoms with Gasteiger partial charge >= 0.3 is 6.09 Å². The second-order valence-corrected chi connectivity index (χ2v) is 11.9. The third-order valence-electron chi connectivity index (χ3n) is 6.74. The Morgan fingerprint density at radius 1 is 1.15 bits per heavy atom. The normalized spacial score (nSPS) is 23.3. The number of amides is 2. The first kappa shape index (κ1) is 23.5. The lowest BCUT2D eigenvalue weighted by Gasteiger charge is -2.40. The fourth-order valence-corrected chi connectivity index (χ4v) is 5.63. The number of likely N-dealkylation sites (tertiary alicyclic amines) is 1. The molecule has 1 aliphatic heterocycles. The van der Waals surface area contributed by atoms with Gasteiger partial charge in [-0.15, -0.1) is 0 Å². The Morgan fingerprint density at radius 3 is 2.52 bits per heavy atom. The van der Waals surface area contributed by atoms with E-state index in [0.717, 1.165) is 28.8 Å². The zero-order chi connectivity index (χ0) is 24.3. The maximum Gasteiger partial charge on any atom is 0.410 e. The molecule has 3 aliphatic rings. The van der Waals surface area contributed by atoms with Gasteiger partial charge < -0.3 is 15.0 Å². The van der Waals surface area contributed by atoms with E-state index in [0.29, 0.717) is 31.6 Å². The molecule has 1 fully saturated rings. The van der Waals surface area contributed by atoms with Crippen molar-refractivity contribution in [2.24, 2.45) is 10.8 Å². The van der Waals surface area contributed by atoms with Gasteiger partial charge in [0.2, 0.25) is 0 Å². The summed E-state index contributed by atoms with van der Waals surface area (Å²) >= 11 is 0. The van der Waals surface area contributed by atoms with Crippen LogP contribution in [0, 0.1) is 10.8 Å². The van der Waals surface area contributed by atoms with Crippen LogP contribution in [0.25, 0.3) is 5.57 Å². The van der Waals surface area contributed by atoms with Gasteiger partial charge in [-0.2, -0.15) is 0 Å². The van der Waals surface area contributed by atoms with Gasteiger partial charge in [-0.25, -0.2) is 9.78 Å². The predicted octanol–water partition coefficient (Wildman–Crippen LogP) is 4.16. The van der Waals surface area contributed by atoms with Gasteiger partial charge in [0.1, 0.15) is 11.3 Å². The molecule has 1 N–H and O–H groups in total. The van der Waals surface area contributed by atoms with Crippen LogP contribution >= 0.6 is 0 Å². The van der Waals surface area contributed by atoms with E-state index in [1.165, 1.54) is 0 Å². The number of rotatable bonds is 2. The summed E-state index contributed by atoms with van der Waals surface area (Å²) < 4.78 is 5.43. The Hall–Kier alpha value is -2.70. The van der Waals surface area contributed by atoms with Gasteiger partial charge in [-0.3, -0.25) is 9.59 Å². The maximum absolute atomic E-state index is 13.1. The van der Waals surface area contributed by atoms with Crippen molar-refractivity contribution in [1.29, 1.82) is 0 Å². The first-order valence-corrected chi connectivity index (χ1v) is 11.8. The van der Waals surface area contributed by atoms with Crippen LogP contribution in [-0.4, -0.2) is 52.4 Å². The molecule has 2 aliphatic carbocycles. The number of allylic oxidation sites excluding steroid dienone is 2. The number of ether oxygens (including phenoxy) is 1. The van der Waals surface area contributed by atoms with E-state index in [1.54, 1.807) is 11.0 Å². The lowest BCUT2D eigenvalue weighted by Crippen LogP contribution is -2.40. The molecule has 0 saturated carbocycles. The highest BCUT2D eigenvalue weighted by Gasteiger charge is 2.48. The second-order valence-electron chi connectivity index (χ2n) is 11.9. The molecule has 2 heterocycles.